The third-order valence-corrected chi connectivity index (χ3v) is 7.07. The Hall–Kier alpha value is -3.97. The predicted molar refractivity (Wildman–Crippen MR) is 154 cm³/mol. The number of rotatable bonds is 11. The van der Waals surface area contributed by atoms with Crippen molar-refractivity contribution in [2.45, 2.75) is 26.3 Å². The van der Waals surface area contributed by atoms with Crippen LogP contribution < -0.4 is 23.7 Å². The van der Waals surface area contributed by atoms with Crippen molar-refractivity contribution < 1.29 is 23.7 Å². The second-order valence-corrected chi connectivity index (χ2v) is 9.59. The van der Waals surface area contributed by atoms with Crippen molar-refractivity contribution in [1.82, 2.24) is 9.88 Å². The van der Waals surface area contributed by atoms with Gasteiger partial charge in [0.25, 0.3) is 0 Å². The molecule has 0 N–H and O–H groups in total. The lowest BCUT2D eigenvalue weighted by molar-refractivity contribution is 0.197. The van der Waals surface area contributed by atoms with Crippen LogP contribution in [0.5, 0.6) is 28.7 Å². The first-order valence-corrected chi connectivity index (χ1v) is 13.4. The van der Waals surface area contributed by atoms with Gasteiger partial charge in [0, 0.05) is 36.7 Å². The van der Waals surface area contributed by atoms with Crippen molar-refractivity contribution in [1.29, 1.82) is 0 Å². The molecular formula is C32H36N2O5. The normalized spacial score (nSPS) is 13.1. The average Bonchev–Trinajstić information content (AvgIpc) is 2.99. The first-order valence-electron chi connectivity index (χ1n) is 13.4. The zero-order valence-electron chi connectivity index (χ0n) is 23.2. The van der Waals surface area contributed by atoms with E-state index in [2.05, 4.69) is 24.0 Å². The van der Waals surface area contributed by atoms with Gasteiger partial charge in [0.2, 0.25) is 0 Å². The van der Waals surface area contributed by atoms with Gasteiger partial charge in [-0.2, -0.15) is 0 Å². The maximum atomic E-state index is 6.42. The zero-order valence-corrected chi connectivity index (χ0v) is 23.2. The van der Waals surface area contributed by atoms with Crippen molar-refractivity contribution >= 4 is 10.9 Å². The molecule has 0 atom stereocenters. The number of methoxy groups -OCH3 is 3. The maximum Gasteiger partial charge on any atom is 0.161 e. The fourth-order valence-electron chi connectivity index (χ4n) is 4.98. The highest BCUT2D eigenvalue weighted by atomic mass is 16.5. The van der Waals surface area contributed by atoms with Crippen LogP contribution in [0.2, 0.25) is 0 Å². The maximum absolute atomic E-state index is 6.42. The third-order valence-electron chi connectivity index (χ3n) is 7.07. The van der Waals surface area contributed by atoms with Crippen molar-refractivity contribution in [3.8, 4) is 40.0 Å². The van der Waals surface area contributed by atoms with E-state index < -0.39 is 0 Å². The summed E-state index contributed by atoms with van der Waals surface area (Å²) in [5.74, 6) is 3.92. The summed E-state index contributed by atoms with van der Waals surface area (Å²) in [7, 11) is 5.02. The van der Waals surface area contributed by atoms with Gasteiger partial charge in [-0.25, -0.2) is 4.98 Å². The molecule has 7 heteroatoms. The highest BCUT2D eigenvalue weighted by Gasteiger charge is 2.20. The van der Waals surface area contributed by atoms with Gasteiger partial charge in [0.1, 0.15) is 29.4 Å². The quantitative estimate of drug-likeness (QED) is 0.231. The molecule has 2 heterocycles. The second kappa shape index (κ2) is 12.3. The van der Waals surface area contributed by atoms with Gasteiger partial charge in [0.15, 0.2) is 11.5 Å². The molecule has 5 rings (SSSR count). The SMILES string of the molecule is CCCOc1ccc(-c2cc(OCCN3CCc4cc(OC)c(OC)cc4C3)c3cccc(OC)c3n2)cc1. The minimum Gasteiger partial charge on any atom is -0.494 e. The van der Waals surface area contributed by atoms with Gasteiger partial charge in [-0.05, 0) is 72.5 Å². The molecule has 0 bridgehead atoms. The molecule has 204 valence electrons. The molecule has 0 aliphatic carbocycles. The monoisotopic (exact) mass is 528 g/mol. The lowest BCUT2D eigenvalue weighted by Gasteiger charge is -2.29. The topological polar surface area (TPSA) is 62.3 Å². The summed E-state index contributed by atoms with van der Waals surface area (Å²) in [6.07, 6.45) is 1.94. The van der Waals surface area contributed by atoms with Crippen LogP contribution in [-0.2, 0) is 13.0 Å². The molecule has 1 aliphatic heterocycles. The third kappa shape index (κ3) is 5.88. The molecule has 1 aliphatic rings. The molecule has 0 saturated heterocycles. The molecule has 0 spiro atoms. The summed E-state index contributed by atoms with van der Waals surface area (Å²) in [5, 5.41) is 0.932. The van der Waals surface area contributed by atoms with E-state index in [1.807, 2.05) is 48.5 Å². The molecule has 4 aromatic rings. The van der Waals surface area contributed by atoms with E-state index in [1.54, 1.807) is 21.3 Å². The van der Waals surface area contributed by atoms with Crippen molar-refractivity contribution in [3.05, 3.63) is 71.8 Å². The van der Waals surface area contributed by atoms with Gasteiger partial charge in [-0.15, -0.1) is 0 Å². The van der Waals surface area contributed by atoms with Gasteiger partial charge in [-0.3, -0.25) is 4.90 Å². The first kappa shape index (κ1) is 26.6. The van der Waals surface area contributed by atoms with E-state index in [0.717, 1.165) is 83.4 Å². The Bertz CT molecular complexity index is 1420. The highest BCUT2D eigenvalue weighted by Crippen LogP contribution is 2.36. The van der Waals surface area contributed by atoms with E-state index >= 15 is 0 Å². The minimum atomic E-state index is 0.558. The van der Waals surface area contributed by atoms with E-state index in [9.17, 15) is 0 Å². The van der Waals surface area contributed by atoms with Crippen LogP contribution in [-0.4, -0.2) is 57.5 Å². The summed E-state index contributed by atoms with van der Waals surface area (Å²) in [5.41, 5.74) is 5.19. The Balaban J connectivity index is 1.34. The highest BCUT2D eigenvalue weighted by molar-refractivity contribution is 5.92. The molecule has 39 heavy (non-hydrogen) atoms. The Labute approximate surface area is 230 Å². The number of aromatic nitrogens is 1. The summed E-state index contributed by atoms with van der Waals surface area (Å²) < 4.78 is 28.8. The first-order chi connectivity index (χ1) is 19.1. The Morgan fingerprint density at radius 3 is 2.23 bits per heavy atom. The predicted octanol–water partition coefficient (Wildman–Crippen LogP) is 6.15. The summed E-state index contributed by atoms with van der Waals surface area (Å²) in [4.78, 5) is 7.35. The molecule has 0 fully saturated rings. The summed E-state index contributed by atoms with van der Waals surface area (Å²) >= 11 is 0. The van der Waals surface area contributed by atoms with Gasteiger partial charge >= 0.3 is 0 Å². The average molecular weight is 529 g/mol. The van der Waals surface area contributed by atoms with Crippen LogP contribution in [0.15, 0.2) is 60.7 Å². The van der Waals surface area contributed by atoms with E-state index in [-0.39, 0.29) is 0 Å². The van der Waals surface area contributed by atoms with Crippen LogP contribution >= 0.6 is 0 Å². The van der Waals surface area contributed by atoms with E-state index in [4.69, 9.17) is 28.7 Å². The number of hydrogen-bond donors (Lipinski definition) is 0. The Morgan fingerprint density at radius 2 is 1.51 bits per heavy atom. The fourth-order valence-corrected chi connectivity index (χ4v) is 4.98. The van der Waals surface area contributed by atoms with Gasteiger partial charge < -0.3 is 23.7 Å². The van der Waals surface area contributed by atoms with Crippen LogP contribution in [0.25, 0.3) is 22.2 Å². The van der Waals surface area contributed by atoms with Crippen molar-refractivity contribution in [3.63, 3.8) is 0 Å². The van der Waals surface area contributed by atoms with Crippen LogP contribution in [0.4, 0.5) is 0 Å². The number of benzene rings is 3. The number of pyridine rings is 1. The zero-order chi connectivity index (χ0) is 27.2. The van der Waals surface area contributed by atoms with E-state index in [0.29, 0.717) is 13.2 Å². The Morgan fingerprint density at radius 1 is 0.769 bits per heavy atom. The van der Waals surface area contributed by atoms with Crippen LogP contribution in [0.1, 0.15) is 24.5 Å². The molecule has 0 saturated carbocycles. The largest absolute Gasteiger partial charge is 0.494 e. The molecule has 0 amide bonds. The molecular weight excluding hydrogens is 492 g/mol. The molecule has 0 unspecified atom stereocenters. The minimum absolute atomic E-state index is 0.558. The van der Waals surface area contributed by atoms with Crippen LogP contribution in [0.3, 0.4) is 0 Å². The molecule has 7 nitrogen and oxygen atoms in total. The molecule has 1 aromatic heterocycles. The summed E-state index contributed by atoms with van der Waals surface area (Å²) in [6.45, 7) is 5.98. The van der Waals surface area contributed by atoms with Crippen LogP contribution in [0, 0.1) is 0 Å². The number of para-hydroxylation sites is 1. The van der Waals surface area contributed by atoms with Gasteiger partial charge in [-0.1, -0.05) is 13.0 Å². The number of fused-ring (bicyclic) bond motifs is 2. The van der Waals surface area contributed by atoms with Gasteiger partial charge in [0.05, 0.1) is 33.6 Å². The van der Waals surface area contributed by atoms with Crippen molar-refractivity contribution in [2.75, 3.05) is 47.6 Å². The van der Waals surface area contributed by atoms with E-state index in [1.165, 1.54) is 11.1 Å². The number of nitrogens with zero attached hydrogens (tertiary/aromatic N) is 2. The Kier molecular flexibility index (Phi) is 8.37. The molecule has 3 aromatic carbocycles. The van der Waals surface area contributed by atoms with Crippen molar-refractivity contribution in [2.24, 2.45) is 0 Å². The summed E-state index contributed by atoms with van der Waals surface area (Å²) in [6, 6.07) is 20.2. The second-order valence-electron chi connectivity index (χ2n) is 9.59. The lowest BCUT2D eigenvalue weighted by Crippen LogP contribution is -2.33. The lowest BCUT2D eigenvalue weighted by atomic mass is 9.99. The standard InChI is InChI=1S/C32H36N2O5/c1-5-16-38-25-11-9-22(10-12-25)27-20-29(26-7-6-8-28(35-2)32(26)33-27)39-17-15-34-14-13-23-18-30(36-3)31(37-4)19-24(23)21-34/h6-12,18-20H,5,13-17,21H2,1-4H3. The fraction of sp³-hybridized carbons (Fsp3) is 0.344. The number of hydrogen-bond acceptors (Lipinski definition) is 7. The molecule has 0 radical (unpaired) electrons. The number of ether oxygens (including phenoxy) is 5. The smallest absolute Gasteiger partial charge is 0.161 e.